The minimum Gasteiger partial charge on any atom is -0.445 e. The van der Waals surface area contributed by atoms with Crippen LogP contribution < -0.4 is 5.32 Å². The van der Waals surface area contributed by atoms with Gasteiger partial charge < -0.3 is 20.3 Å². The van der Waals surface area contributed by atoms with E-state index < -0.39 is 35.6 Å². The molecule has 0 heterocycles. The molecule has 29 heavy (non-hydrogen) atoms. The number of alkyl halides is 3. The van der Waals surface area contributed by atoms with Gasteiger partial charge in [-0.05, 0) is 23.6 Å². The highest BCUT2D eigenvalue weighted by Gasteiger charge is 2.36. The third-order valence-electron chi connectivity index (χ3n) is 4.12. The number of amides is 1. The highest BCUT2D eigenvalue weighted by Crippen LogP contribution is 2.36. The average Bonchev–Trinajstić information content (AvgIpc) is 2.71. The first-order valence-electron chi connectivity index (χ1n) is 8.69. The van der Waals surface area contributed by atoms with Gasteiger partial charge in [0.1, 0.15) is 19.0 Å². The smallest absolute Gasteiger partial charge is 0.416 e. The van der Waals surface area contributed by atoms with Crippen LogP contribution in [0.25, 0.3) is 0 Å². The molecule has 2 aromatic carbocycles. The molecule has 2 unspecified atom stereocenters. The van der Waals surface area contributed by atoms with Crippen molar-refractivity contribution in [2.75, 3.05) is 6.54 Å². The molecule has 2 aromatic rings. The molecule has 0 aliphatic rings. The van der Waals surface area contributed by atoms with Crippen LogP contribution >= 0.6 is 0 Å². The van der Waals surface area contributed by atoms with Gasteiger partial charge in [0, 0.05) is 12.1 Å². The third kappa shape index (κ3) is 6.58. The molecule has 2 rings (SSSR count). The normalized spacial score (nSPS) is 13.4. The lowest BCUT2D eigenvalue weighted by Gasteiger charge is -2.22. The largest absolute Gasteiger partial charge is 0.445 e. The summed E-state index contributed by atoms with van der Waals surface area (Å²) < 4.78 is 44.5. The molecular formula is C20H20F3NO5. The first kappa shape index (κ1) is 22.4. The van der Waals surface area contributed by atoms with Gasteiger partial charge >= 0.3 is 12.3 Å². The van der Waals surface area contributed by atoms with E-state index in [1.807, 2.05) is 6.07 Å². The summed E-state index contributed by atoms with van der Waals surface area (Å²) in [7, 11) is 0. The van der Waals surface area contributed by atoms with E-state index >= 15 is 0 Å². The molecule has 9 heteroatoms. The molecule has 0 aromatic heterocycles. The van der Waals surface area contributed by atoms with E-state index in [9.17, 15) is 33.0 Å². The number of ether oxygens (including phenoxy) is 1. The number of halogens is 3. The van der Waals surface area contributed by atoms with Crippen LogP contribution in [0.1, 0.15) is 39.6 Å². The fourth-order valence-corrected chi connectivity index (χ4v) is 2.61. The van der Waals surface area contributed by atoms with Crippen LogP contribution in [0.3, 0.4) is 0 Å². The van der Waals surface area contributed by atoms with E-state index in [1.54, 1.807) is 24.3 Å². The number of carbonyl (C=O) groups excluding carboxylic acids is 2. The molecule has 0 aliphatic carbocycles. The van der Waals surface area contributed by atoms with Gasteiger partial charge in [-0.2, -0.15) is 13.2 Å². The molecule has 0 bridgehead atoms. The summed E-state index contributed by atoms with van der Waals surface area (Å²) in [5.74, 6) is 0. The first-order chi connectivity index (χ1) is 13.7. The summed E-state index contributed by atoms with van der Waals surface area (Å²) >= 11 is 0. The zero-order chi connectivity index (χ0) is 21.4. The molecule has 3 N–H and O–H groups in total. The molecule has 0 aliphatic heterocycles. The summed E-state index contributed by atoms with van der Waals surface area (Å²) in [5.41, 5.74) is -1.19. The second kappa shape index (κ2) is 10.0. The Morgan fingerprint density at radius 2 is 1.83 bits per heavy atom. The predicted octanol–water partition coefficient (Wildman–Crippen LogP) is 3.23. The van der Waals surface area contributed by atoms with Crippen LogP contribution in [-0.2, 0) is 17.5 Å². The number of rotatable bonds is 8. The van der Waals surface area contributed by atoms with Crippen molar-refractivity contribution in [3.8, 4) is 0 Å². The Morgan fingerprint density at radius 1 is 1.14 bits per heavy atom. The van der Waals surface area contributed by atoms with Gasteiger partial charge in [0.2, 0.25) is 0 Å². The van der Waals surface area contributed by atoms with Crippen molar-refractivity contribution in [2.45, 2.75) is 31.4 Å². The Balaban J connectivity index is 1.89. The fourth-order valence-electron chi connectivity index (χ4n) is 2.61. The number of hydrogen-bond donors (Lipinski definition) is 3. The van der Waals surface area contributed by atoms with Crippen LogP contribution in [0.4, 0.5) is 18.0 Å². The standard InChI is InChI=1S/C20H20F3NO5/c21-20(22,23)16-10-14(11-25)6-7-15(16)18(27)17(26)8-9-24-19(28)29-12-13-4-2-1-3-5-13/h1-7,10-11,17-18,26-27H,8-9,12H2,(H,24,28). The fraction of sp³-hybridized carbons (Fsp3) is 0.300. The minimum atomic E-state index is -4.81. The van der Waals surface area contributed by atoms with Crippen molar-refractivity contribution in [3.05, 3.63) is 70.8 Å². The molecule has 2 atom stereocenters. The van der Waals surface area contributed by atoms with Gasteiger partial charge in [0.05, 0.1) is 11.7 Å². The average molecular weight is 411 g/mol. The lowest BCUT2D eigenvalue weighted by molar-refractivity contribution is -0.140. The highest BCUT2D eigenvalue weighted by atomic mass is 19.4. The van der Waals surface area contributed by atoms with Crippen molar-refractivity contribution in [2.24, 2.45) is 0 Å². The van der Waals surface area contributed by atoms with E-state index in [2.05, 4.69) is 5.32 Å². The first-order valence-corrected chi connectivity index (χ1v) is 8.69. The maximum Gasteiger partial charge on any atom is 0.416 e. The summed E-state index contributed by atoms with van der Waals surface area (Å²) in [6, 6.07) is 11.6. The molecule has 6 nitrogen and oxygen atoms in total. The molecule has 0 fully saturated rings. The molecule has 156 valence electrons. The van der Waals surface area contributed by atoms with Gasteiger partial charge in [0.25, 0.3) is 0 Å². The van der Waals surface area contributed by atoms with Crippen LogP contribution in [0, 0.1) is 0 Å². The van der Waals surface area contributed by atoms with E-state index in [-0.39, 0.29) is 31.4 Å². The monoisotopic (exact) mass is 411 g/mol. The zero-order valence-corrected chi connectivity index (χ0v) is 15.2. The Kier molecular flexibility index (Phi) is 7.74. The summed E-state index contributed by atoms with van der Waals surface area (Å²) in [5, 5.41) is 22.5. The van der Waals surface area contributed by atoms with Crippen molar-refractivity contribution >= 4 is 12.4 Å². The molecule has 0 radical (unpaired) electrons. The Hall–Kier alpha value is -2.91. The number of alkyl carbamates (subject to hydrolysis) is 1. The number of aldehydes is 1. The predicted molar refractivity (Wildman–Crippen MR) is 97.0 cm³/mol. The third-order valence-corrected chi connectivity index (χ3v) is 4.12. The Bertz CT molecular complexity index is 827. The number of aliphatic hydroxyl groups excluding tert-OH is 2. The van der Waals surface area contributed by atoms with Crippen LogP contribution in [-0.4, -0.2) is 35.2 Å². The SMILES string of the molecule is O=Cc1ccc(C(O)C(O)CCNC(=O)OCc2ccccc2)c(C(F)(F)F)c1. The lowest BCUT2D eigenvalue weighted by Crippen LogP contribution is -2.30. The molecule has 0 spiro atoms. The Labute approximate surface area is 164 Å². The van der Waals surface area contributed by atoms with Gasteiger partial charge in [0.15, 0.2) is 0 Å². The summed E-state index contributed by atoms with van der Waals surface area (Å²) in [6.07, 6.45) is -8.96. The van der Waals surface area contributed by atoms with Gasteiger partial charge in [-0.3, -0.25) is 4.79 Å². The van der Waals surface area contributed by atoms with Gasteiger partial charge in [-0.1, -0.05) is 42.5 Å². The number of benzene rings is 2. The van der Waals surface area contributed by atoms with Gasteiger partial charge in [-0.15, -0.1) is 0 Å². The molecule has 1 amide bonds. The molecule has 0 saturated heterocycles. The topological polar surface area (TPSA) is 95.9 Å². The second-order valence-electron chi connectivity index (χ2n) is 6.25. The van der Waals surface area contributed by atoms with Crippen molar-refractivity contribution in [3.63, 3.8) is 0 Å². The maximum absolute atomic E-state index is 13.2. The van der Waals surface area contributed by atoms with E-state index in [0.717, 1.165) is 17.7 Å². The molecule has 0 saturated carbocycles. The van der Waals surface area contributed by atoms with Crippen molar-refractivity contribution < 1.29 is 37.7 Å². The molecular weight excluding hydrogens is 391 g/mol. The quantitative estimate of drug-likeness (QED) is 0.580. The minimum absolute atomic E-state index is 0.0376. The lowest BCUT2D eigenvalue weighted by atomic mass is 9.95. The summed E-state index contributed by atoms with van der Waals surface area (Å²) in [4.78, 5) is 22.4. The van der Waals surface area contributed by atoms with Crippen molar-refractivity contribution in [1.82, 2.24) is 5.32 Å². The zero-order valence-electron chi connectivity index (χ0n) is 15.2. The van der Waals surface area contributed by atoms with Crippen LogP contribution in [0.2, 0.25) is 0 Å². The van der Waals surface area contributed by atoms with E-state index in [4.69, 9.17) is 4.74 Å². The highest BCUT2D eigenvalue weighted by molar-refractivity contribution is 5.75. The number of carbonyl (C=O) groups is 2. The van der Waals surface area contributed by atoms with E-state index in [0.29, 0.717) is 6.07 Å². The number of nitrogens with one attached hydrogen (secondary N) is 1. The number of hydrogen-bond acceptors (Lipinski definition) is 5. The van der Waals surface area contributed by atoms with Crippen LogP contribution in [0.15, 0.2) is 48.5 Å². The number of aliphatic hydroxyl groups is 2. The Morgan fingerprint density at radius 3 is 2.45 bits per heavy atom. The van der Waals surface area contributed by atoms with Crippen LogP contribution in [0.5, 0.6) is 0 Å². The van der Waals surface area contributed by atoms with Crippen molar-refractivity contribution in [1.29, 1.82) is 0 Å². The van der Waals surface area contributed by atoms with E-state index in [1.165, 1.54) is 0 Å². The maximum atomic E-state index is 13.2. The summed E-state index contributed by atoms with van der Waals surface area (Å²) in [6.45, 7) is -0.0878. The van der Waals surface area contributed by atoms with Gasteiger partial charge in [-0.25, -0.2) is 4.79 Å². The second-order valence-corrected chi connectivity index (χ2v) is 6.25.